The van der Waals surface area contributed by atoms with Crippen LogP contribution in [0.2, 0.25) is 0 Å². The Morgan fingerprint density at radius 3 is 2.35 bits per heavy atom. The van der Waals surface area contributed by atoms with Gasteiger partial charge in [-0.1, -0.05) is 26.2 Å². The van der Waals surface area contributed by atoms with E-state index in [0.717, 1.165) is 25.7 Å². The van der Waals surface area contributed by atoms with Gasteiger partial charge in [0, 0.05) is 6.61 Å². The number of ether oxygens (including phenoxy) is 2. The Hall–Kier alpha value is -0.200. The molecule has 1 aliphatic heterocycles. The van der Waals surface area contributed by atoms with Crippen LogP contribution in [0.15, 0.2) is 0 Å². The Morgan fingerprint density at radius 2 is 1.71 bits per heavy atom. The van der Waals surface area contributed by atoms with E-state index in [1.165, 1.54) is 0 Å². The summed E-state index contributed by atoms with van der Waals surface area (Å²) in [6, 6.07) is 0. The largest absolute Gasteiger partial charge is 0.388 e. The third-order valence-corrected chi connectivity index (χ3v) is 3.09. The maximum Gasteiger partial charge on any atom is 0.186 e. The number of hydrogen-bond acceptors (Lipinski definition) is 5. The van der Waals surface area contributed by atoms with Crippen molar-refractivity contribution in [2.24, 2.45) is 0 Å². The van der Waals surface area contributed by atoms with Crippen molar-refractivity contribution in [2.45, 2.75) is 70.2 Å². The van der Waals surface area contributed by atoms with Crippen molar-refractivity contribution in [3.8, 4) is 0 Å². The summed E-state index contributed by atoms with van der Waals surface area (Å²) in [5.41, 5.74) is 0. The van der Waals surface area contributed by atoms with Gasteiger partial charge in [-0.3, -0.25) is 0 Å². The minimum absolute atomic E-state index is 0.497. The van der Waals surface area contributed by atoms with Crippen molar-refractivity contribution >= 4 is 0 Å². The summed E-state index contributed by atoms with van der Waals surface area (Å²) in [4.78, 5) is 0. The van der Waals surface area contributed by atoms with Crippen LogP contribution in [0, 0.1) is 0 Å². The molecule has 0 saturated carbocycles. The highest BCUT2D eigenvalue weighted by Gasteiger charge is 2.42. The van der Waals surface area contributed by atoms with Gasteiger partial charge in [-0.25, -0.2) is 0 Å². The molecule has 1 heterocycles. The van der Waals surface area contributed by atoms with Gasteiger partial charge in [0.2, 0.25) is 0 Å². The van der Waals surface area contributed by atoms with Gasteiger partial charge in [-0.05, 0) is 13.3 Å². The molecule has 102 valence electrons. The standard InChI is InChI=1S/C12H24O5/c1-3-4-5-6-7-16-12-11(15)10(14)9(13)8(2)17-12/h8-15H,3-7H2,1-2H3/t8?,9-,10+,11?,12-/m1/s1. The summed E-state index contributed by atoms with van der Waals surface area (Å²) < 4.78 is 10.7. The molecule has 0 bridgehead atoms. The zero-order valence-corrected chi connectivity index (χ0v) is 10.6. The third-order valence-electron chi connectivity index (χ3n) is 3.09. The van der Waals surface area contributed by atoms with Crippen LogP contribution in [-0.4, -0.2) is 52.6 Å². The van der Waals surface area contributed by atoms with E-state index in [1.54, 1.807) is 6.92 Å². The zero-order valence-electron chi connectivity index (χ0n) is 10.6. The Kier molecular flexibility index (Phi) is 6.37. The van der Waals surface area contributed by atoms with E-state index < -0.39 is 30.7 Å². The lowest BCUT2D eigenvalue weighted by Gasteiger charge is -2.38. The van der Waals surface area contributed by atoms with E-state index >= 15 is 0 Å². The molecule has 1 fully saturated rings. The van der Waals surface area contributed by atoms with Crippen molar-refractivity contribution in [2.75, 3.05) is 6.61 Å². The average Bonchev–Trinajstić information content (AvgIpc) is 2.32. The molecule has 0 aromatic rings. The smallest absolute Gasteiger partial charge is 0.186 e. The molecule has 3 N–H and O–H groups in total. The van der Waals surface area contributed by atoms with Crippen LogP contribution in [0.25, 0.3) is 0 Å². The molecule has 0 aromatic carbocycles. The minimum Gasteiger partial charge on any atom is -0.388 e. The number of hydrogen-bond donors (Lipinski definition) is 3. The summed E-state index contributed by atoms with van der Waals surface area (Å²) in [6.45, 7) is 4.28. The minimum atomic E-state index is -1.21. The molecule has 0 spiro atoms. The molecule has 5 heteroatoms. The lowest BCUT2D eigenvalue weighted by Crippen LogP contribution is -2.57. The molecule has 1 saturated heterocycles. The van der Waals surface area contributed by atoms with Crippen molar-refractivity contribution in [1.82, 2.24) is 0 Å². The topological polar surface area (TPSA) is 79.2 Å². The normalized spacial score (nSPS) is 38.3. The molecule has 1 aliphatic rings. The van der Waals surface area contributed by atoms with Gasteiger partial charge in [-0.2, -0.15) is 0 Å². The van der Waals surface area contributed by atoms with Gasteiger partial charge < -0.3 is 24.8 Å². The second kappa shape index (κ2) is 7.28. The molecule has 5 atom stereocenters. The molecule has 5 nitrogen and oxygen atoms in total. The fourth-order valence-electron chi connectivity index (χ4n) is 1.88. The first-order valence-electron chi connectivity index (χ1n) is 6.39. The van der Waals surface area contributed by atoms with E-state index in [0.29, 0.717) is 6.61 Å². The first-order chi connectivity index (χ1) is 8.07. The van der Waals surface area contributed by atoms with Crippen molar-refractivity contribution < 1.29 is 24.8 Å². The second-order valence-electron chi connectivity index (χ2n) is 4.61. The molecular formula is C12H24O5. The summed E-state index contributed by atoms with van der Waals surface area (Å²) in [5, 5.41) is 28.7. The van der Waals surface area contributed by atoms with Crippen molar-refractivity contribution in [3.05, 3.63) is 0 Å². The highest BCUT2D eigenvalue weighted by atomic mass is 16.7. The van der Waals surface area contributed by atoms with Gasteiger partial charge in [0.25, 0.3) is 0 Å². The summed E-state index contributed by atoms with van der Waals surface area (Å²) >= 11 is 0. The SMILES string of the molecule is CCCCCCO[C@@H]1OC(C)[C@@H](O)[C@H](O)C1O. The van der Waals surface area contributed by atoms with Gasteiger partial charge in [-0.15, -0.1) is 0 Å². The van der Waals surface area contributed by atoms with Crippen LogP contribution in [0.3, 0.4) is 0 Å². The zero-order chi connectivity index (χ0) is 12.8. The quantitative estimate of drug-likeness (QED) is 0.593. The van der Waals surface area contributed by atoms with Crippen molar-refractivity contribution in [1.29, 1.82) is 0 Å². The van der Waals surface area contributed by atoms with Gasteiger partial charge in [0.15, 0.2) is 6.29 Å². The fraction of sp³-hybridized carbons (Fsp3) is 1.00. The highest BCUT2D eigenvalue weighted by molar-refractivity contribution is 4.87. The van der Waals surface area contributed by atoms with E-state index in [2.05, 4.69) is 6.92 Å². The molecule has 0 amide bonds. The van der Waals surface area contributed by atoms with Crippen LogP contribution < -0.4 is 0 Å². The van der Waals surface area contributed by atoms with Gasteiger partial charge in [0.05, 0.1) is 6.10 Å². The first-order valence-corrected chi connectivity index (χ1v) is 6.39. The monoisotopic (exact) mass is 248 g/mol. The average molecular weight is 248 g/mol. The summed E-state index contributed by atoms with van der Waals surface area (Å²) in [6.07, 6.45) is -0.525. The molecular weight excluding hydrogens is 224 g/mol. The molecule has 2 unspecified atom stereocenters. The Morgan fingerprint density at radius 1 is 1.00 bits per heavy atom. The summed E-state index contributed by atoms with van der Waals surface area (Å²) in [5.74, 6) is 0. The van der Waals surface area contributed by atoms with E-state index in [1.807, 2.05) is 0 Å². The predicted octanol–water partition coefficient (Wildman–Crippen LogP) is 0.411. The molecule has 0 aliphatic carbocycles. The second-order valence-corrected chi connectivity index (χ2v) is 4.61. The molecule has 1 rings (SSSR count). The maximum atomic E-state index is 9.67. The van der Waals surface area contributed by atoms with E-state index in [4.69, 9.17) is 9.47 Å². The van der Waals surface area contributed by atoms with E-state index in [9.17, 15) is 15.3 Å². The van der Waals surface area contributed by atoms with Crippen LogP contribution in [-0.2, 0) is 9.47 Å². The predicted molar refractivity (Wildman–Crippen MR) is 62.4 cm³/mol. The number of aliphatic hydroxyl groups is 3. The Balaban J connectivity index is 2.28. The Bertz CT molecular complexity index is 211. The van der Waals surface area contributed by atoms with E-state index in [-0.39, 0.29) is 0 Å². The van der Waals surface area contributed by atoms with Gasteiger partial charge >= 0.3 is 0 Å². The number of rotatable bonds is 6. The van der Waals surface area contributed by atoms with Gasteiger partial charge in [0.1, 0.15) is 18.3 Å². The lowest BCUT2D eigenvalue weighted by atomic mass is 10.0. The first kappa shape index (κ1) is 14.9. The molecule has 0 aromatic heterocycles. The molecule has 17 heavy (non-hydrogen) atoms. The third kappa shape index (κ3) is 4.19. The highest BCUT2D eigenvalue weighted by Crippen LogP contribution is 2.21. The summed E-state index contributed by atoms with van der Waals surface area (Å²) in [7, 11) is 0. The van der Waals surface area contributed by atoms with Crippen LogP contribution in [0.4, 0.5) is 0 Å². The van der Waals surface area contributed by atoms with Crippen LogP contribution in [0.1, 0.15) is 39.5 Å². The Labute approximate surface area is 102 Å². The maximum absolute atomic E-state index is 9.67. The lowest BCUT2D eigenvalue weighted by molar-refractivity contribution is -0.293. The number of unbranched alkanes of at least 4 members (excludes halogenated alkanes) is 3. The molecule has 0 radical (unpaired) electrons. The van der Waals surface area contributed by atoms with Crippen LogP contribution >= 0.6 is 0 Å². The van der Waals surface area contributed by atoms with Crippen LogP contribution in [0.5, 0.6) is 0 Å². The number of aliphatic hydroxyl groups excluding tert-OH is 3. The fourth-order valence-corrected chi connectivity index (χ4v) is 1.88. The van der Waals surface area contributed by atoms with Crippen molar-refractivity contribution in [3.63, 3.8) is 0 Å².